The second kappa shape index (κ2) is 57.3. The fraction of sp³-hybridized carbons (Fsp3) is 1.00. The Labute approximate surface area is 759 Å². The number of unbranched alkanes of at least 4 members (excludes halogenated alkanes) is 30. The smallest absolute Gasteiger partial charge is 0.0576 e. The second-order valence-electron chi connectivity index (χ2n) is 46.1. The maximum atomic E-state index is 7.10. The zero-order valence-corrected chi connectivity index (χ0v) is 83.0. The first-order valence-corrected chi connectivity index (χ1v) is 57.7. The maximum Gasteiger partial charge on any atom is 0.0576 e. The van der Waals surface area contributed by atoms with Crippen molar-refractivity contribution in [1.82, 2.24) is 19.6 Å². The van der Waals surface area contributed by atoms with Gasteiger partial charge in [-0.1, -0.05) is 274 Å². The Hall–Kier alpha value is -0.320. The van der Waals surface area contributed by atoms with Crippen LogP contribution in [0.2, 0.25) is 0 Å². The third-order valence-corrected chi connectivity index (χ3v) is 37.5. The van der Waals surface area contributed by atoms with E-state index in [0.29, 0.717) is 60.7 Å². The predicted octanol–water partition coefficient (Wildman–Crippen LogP) is 32.3. The van der Waals surface area contributed by atoms with Gasteiger partial charge in [0.1, 0.15) is 0 Å². The topological polar surface area (TPSA) is 49.9 Å². The average molecular weight is 1700 g/mol. The molecule has 12 aliphatic carbocycles. The first kappa shape index (κ1) is 101. The summed E-state index contributed by atoms with van der Waals surface area (Å²) in [7, 11) is 0. The number of hydrogen-bond acceptors (Lipinski definition) is 8. The quantitative estimate of drug-likeness (QED) is 0.0559. The summed E-state index contributed by atoms with van der Waals surface area (Å²) in [5.41, 5.74) is 0. The highest BCUT2D eigenvalue weighted by atomic mass is 16.5. The van der Waals surface area contributed by atoms with Gasteiger partial charge in [-0.05, 0) is 329 Å². The van der Waals surface area contributed by atoms with Crippen molar-refractivity contribution < 1.29 is 18.9 Å². The zero-order valence-electron chi connectivity index (χ0n) is 83.0. The molecule has 710 valence electrons. The van der Waals surface area contributed by atoms with Crippen molar-refractivity contribution in [2.45, 2.75) is 640 Å². The summed E-state index contributed by atoms with van der Waals surface area (Å²) in [5.74, 6) is 8.68. The molecule has 12 aliphatic rings. The minimum atomic E-state index is 0.457. The van der Waals surface area contributed by atoms with Crippen LogP contribution in [0.1, 0.15) is 543 Å². The molecule has 12 fully saturated rings. The fourth-order valence-electron chi connectivity index (χ4n) is 30.6. The molecule has 8 heteroatoms. The number of hydrogen-bond donors (Lipinski definition) is 0. The Morgan fingerprint density at radius 3 is 0.582 bits per heavy atom. The third kappa shape index (κ3) is 30.9. The molecule has 122 heavy (non-hydrogen) atoms. The minimum Gasteiger partial charge on any atom is -0.378 e. The molecule has 0 amide bonds. The fourth-order valence-corrected chi connectivity index (χ4v) is 30.6. The van der Waals surface area contributed by atoms with Gasteiger partial charge in [0.05, 0.1) is 24.4 Å². The van der Waals surface area contributed by atoms with Gasteiger partial charge in [0.15, 0.2) is 0 Å². The van der Waals surface area contributed by atoms with Crippen LogP contribution < -0.4 is 0 Å². The SMILES string of the molecule is CCCCCCCCOC1CCC(N(C2CCC(OCCCCCCCC)CC2)C2CC(N(C3CCC(C)CC3)C3CCC(CCCCCCCC)CC3)C3CCC4C5C(CCC2C35)C(N(C2CCC(C)CC2)C2CCC(CCCCCCCC)CC2)CC4N(C2CCC(OCCCCCCCC)CC2)C2CCC(OCCCCCCCC)CC2)CC1. The average Bonchev–Trinajstić information content (AvgIpc) is 0.701. The van der Waals surface area contributed by atoms with Gasteiger partial charge < -0.3 is 18.9 Å². The van der Waals surface area contributed by atoms with E-state index in [9.17, 15) is 0 Å². The van der Waals surface area contributed by atoms with Crippen LogP contribution in [0.3, 0.4) is 0 Å². The molecule has 10 unspecified atom stereocenters. The maximum absolute atomic E-state index is 7.10. The standard InChI is InChI=1S/C114H210N4O4/c1-9-15-21-27-33-39-45-91-51-59-95(60-52-91)115(93-55-47-89(7)48-56-93)109-87-111(117(97-63-71-101(72-64-97)119-83-41-35-29-23-17-11-3)98-65-73-102(74-66-98)120-84-42-36-30-24-18-12-4)107-82-80-106-110(116(94-57-49-90(8)50-58-94)96-61-53-92(54-62-96)46-40-34-28-22-16-10-2)88-112(108-81-79-105(109)113(107)114(106)108)118(99-67-75-103(76-68-99)121-85-43-37-31-25-19-13-5)100-69-77-104(78-70-100)122-86-44-38-32-26-20-14-6/h89-114H,9-88H2,1-8H3. The minimum absolute atomic E-state index is 0.457. The first-order valence-electron chi connectivity index (χ1n) is 57.7. The van der Waals surface area contributed by atoms with Crippen molar-refractivity contribution in [3.63, 3.8) is 0 Å². The number of rotatable bonds is 58. The molecule has 0 radical (unpaired) electrons. The van der Waals surface area contributed by atoms with Crippen LogP contribution in [0.5, 0.6) is 0 Å². The van der Waals surface area contributed by atoms with Crippen molar-refractivity contribution in [1.29, 1.82) is 0 Å². The van der Waals surface area contributed by atoms with E-state index in [1.165, 1.54) is 488 Å². The summed E-state index contributed by atoms with van der Waals surface area (Å²) in [6, 6.07) is 8.68. The van der Waals surface area contributed by atoms with Crippen LogP contribution >= 0.6 is 0 Å². The lowest BCUT2D eigenvalue weighted by atomic mass is 9.44. The van der Waals surface area contributed by atoms with Crippen molar-refractivity contribution >= 4 is 0 Å². The van der Waals surface area contributed by atoms with Crippen LogP contribution in [0, 0.1) is 59.2 Å². The first-order chi connectivity index (χ1) is 60.2. The van der Waals surface area contributed by atoms with Crippen LogP contribution in [0.4, 0.5) is 0 Å². The molecule has 0 bridgehead atoms. The lowest BCUT2D eigenvalue weighted by Crippen LogP contribution is -2.72. The Morgan fingerprint density at radius 2 is 0.369 bits per heavy atom. The predicted molar refractivity (Wildman–Crippen MR) is 523 cm³/mol. The highest BCUT2D eigenvalue weighted by molar-refractivity contribution is 5.17. The summed E-state index contributed by atoms with van der Waals surface area (Å²) in [6.45, 7) is 23.6. The van der Waals surface area contributed by atoms with Gasteiger partial charge in [-0.2, -0.15) is 0 Å². The van der Waals surface area contributed by atoms with Crippen molar-refractivity contribution in [3.8, 4) is 0 Å². The number of ether oxygens (including phenoxy) is 4. The van der Waals surface area contributed by atoms with Gasteiger partial charge in [-0.25, -0.2) is 0 Å². The molecule has 0 spiro atoms. The molecule has 0 aliphatic heterocycles. The third-order valence-electron chi connectivity index (χ3n) is 37.5. The molecule has 0 aromatic rings. The molecule has 8 nitrogen and oxygen atoms in total. The molecule has 0 aromatic heterocycles. The van der Waals surface area contributed by atoms with Crippen LogP contribution in [-0.2, 0) is 18.9 Å². The molecular weight excluding hydrogens is 1490 g/mol. The van der Waals surface area contributed by atoms with Crippen molar-refractivity contribution in [3.05, 3.63) is 0 Å². The van der Waals surface area contributed by atoms with E-state index in [-0.39, 0.29) is 0 Å². The monoisotopic (exact) mass is 1700 g/mol. The van der Waals surface area contributed by atoms with E-state index in [0.717, 1.165) is 122 Å². The second-order valence-corrected chi connectivity index (χ2v) is 46.1. The summed E-state index contributed by atoms with van der Waals surface area (Å²) >= 11 is 0. The normalized spacial score (nSPS) is 36.1. The van der Waals surface area contributed by atoms with E-state index < -0.39 is 0 Å². The van der Waals surface area contributed by atoms with E-state index in [2.05, 4.69) is 75.0 Å². The lowest BCUT2D eigenvalue weighted by molar-refractivity contribution is -0.198. The molecule has 0 N–H and O–H groups in total. The van der Waals surface area contributed by atoms with E-state index >= 15 is 0 Å². The van der Waals surface area contributed by atoms with Gasteiger partial charge in [-0.3, -0.25) is 19.6 Å². The molecule has 0 aromatic carbocycles. The zero-order chi connectivity index (χ0) is 84.7. The summed E-state index contributed by atoms with van der Waals surface area (Å²) in [4.78, 5) is 14.5. The van der Waals surface area contributed by atoms with Crippen LogP contribution in [0.25, 0.3) is 0 Å². The Kier molecular flexibility index (Phi) is 47.3. The summed E-state index contributed by atoms with van der Waals surface area (Å²) in [6.07, 6.45) is 109. The van der Waals surface area contributed by atoms with Gasteiger partial charge >= 0.3 is 0 Å². The Balaban J connectivity index is 0.931. The largest absolute Gasteiger partial charge is 0.378 e. The highest BCUT2D eigenvalue weighted by Gasteiger charge is 2.65. The summed E-state index contributed by atoms with van der Waals surface area (Å²) in [5, 5.41) is 0. The van der Waals surface area contributed by atoms with E-state index in [1.807, 2.05) is 0 Å². The molecule has 0 heterocycles. The van der Waals surface area contributed by atoms with E-state index in [1.54, 1.807) is 0 Å². The molecule has 10 atom stereocenters. The van der Waals surface area contributed by atoms with Gasteiger partial charge in [-0.15, -0.1) is 0 Å². The van der Waals surface area contributed by atoms with Gasteiger partial charge in [0.2, 0.25) is 0 Å². The van der Waals surface area contributed by atoms with Crippen molar-refractivity contribution in [2.24, 2.45) is 59.2 Å². The van der Waals surface area contributed by atoms with Gasteiger partial charge in [0, 0.05) is 98.9 Å². The molecule has 12 rings (SSSR count). The molecular formula is C114H210N4O4. The summed E-state index contributed by atoms with van der Waals surface area (Å²) < 4.78 is 28.4. The lowest BCUT2D eigenvalue weighted by Gasteiger charge is -2.69. The number of nitrogens with zero attached hydrogens (tertiary/aromatic N) is 4. The van der Waals surface area contributed by atoms with Crippen LogP contribution in [0.15, 0.2) is 0 Å². The Morgan fingerprint density at radius 1 is 0.189 bits per heavy atom. The molecule has 12 saturated carbocycles. The van der Waals surface area contributed by atoms with Crippen molar-refractivity contribution in [2.75, 3.05) is 26.4 Å². The van der Waals surface area contributed by atoms with Crippen LogP contribution in [-0.4, -0.2) is 143 Å². The Bertz CT molecular complexity index is 2330. The highest BCUT2D eigenvalue weighted by Crippen LogP contribution is 2.65. The van der Waals surface area contributed by atoms with Gasteiger partial charge in [0.25, 0.3) is 0 Å². The molecule has 0 saturated heterocycles. The van der Waals surface area contributed by atoms with E-state index in [4.69, 9.17) is 18.9 Å².